The lowest BCUT2D eigenvalue weighted by Gasteiger charge is -2.29. The van der Waals surface area contributed by atoms with E-state index in [9.17, 15) is 5.11 Å². The van der Waals surface area contributed by atoms with Crippen molar-refractivity contribution in [2.45, 2.75) is 58.6 Å². The molecule has 2 rings (SSSR count). The van der Waals surface area contributed by atoms with Gasteiger partial charge >= 0.3 is 0 Å². The molecule has 26 heavy (non-hydrogen) atoms. The normalized spacial score (nSPS) is 17.9. The molecule has 3 N–H and O–H groups in total. The smallest absolute Gasteiger partial charge is 0.191 e. The van der Waals surface area contributed by atoms with E-state index in [-0.39, 0.29) is 12.1 Å². The topological polar surface area (TPSA) is 59.9 Å². The summed E-state index contributed by atoms with van der Waals surface area (Å²) in [7, 11) is 0. The predicted octanol–water partition coefficient (Wildman–Crippen LogP) is 2.71. The lowest BCUT2D eigenvalue weighted by molar-refractivity contribution is 0.0824. The Kier molecular flexibility index (Phi) is 8.92. The van der Waals surface area contributed by atoms with E-state index in [4.69, 9.17) is 4.99 Å². The van der Waals surface area contributed by atoms with Crippen LogP contribution in [0.4, 0.5) is 0 Å². The predicted molar refractivity (Wildman–Crippen MR) is 110 cm³/mol. The minimum atomic E-state index is -0.0956. The van der Waals surface area contributed by atoms with Crippen LogP contribution in [0, 0.1) is 0 Å². The standard InChI is InChI=1S/C21H36N4O/c1-4-18-7-9-19(10-8-18)17(3)24-21(22-5-2)23-13-6-14-25-15-11-20(26)12-16-25/h7-10,17,20,26H,4-6,11-16H2,1-3H3,(H2,22,23,24). The lowest BCUT2D eigenvalue weighted by Crippen LogP contribution is -2.39. The number of piperidine rings is 1. The molecule has 1 heterocycles. The molecular weight excluding hydrogens is 324 g/mol. The summed E-state index contributed by atoms with van der Waals surface area (Å²) < 4.78 is 0. The molecule has 0 saturated carbocycles. The van der Waals surface area contributed by atoms with Crippen molar-refractivity contribution in [3.05, 3.63) is 35.4 Å². The SMILES string of the molecule is CCNC(=NCCCN1CCC(O)CC1)NC(C)c1ccc(CC)cc1. The van der Waals surface area contributed by atoms with Gasteiger partial charge in [-0.2, -0.15) is 0 Å². The molecule has 5 nitrogen and oxygen atoms in total. The van der Waals surface area contributed by atoms with E-state index in [0.29, 0.717) is 0 Å². The third-order valence-electron chi connectivity index (χ3n) is 5.04. The van der Waals surface area contributed by atoms with Crippen LogP contribution in [0.15, 0.2) is 29.3 Å². The summed E-state index contributed by atoms with van der Waals surface area (Å²) in [4.78, 5) is 7.16. The number of aliphatic hydroxyl groups excluding tert-OH is 1. The van der Waals surface area contributed by atoms with Gasteiger partial charge in [0.1, 0.15) is 0 Å². The second-order valence-electron chi connectivity index (χ2n) is 7.15. The van der Waals surface area contributed by atoms with Gasteiger partial charge in [0.15, 0.2) is 5.96 Å². The minimum absolute atomic E-state index is 0.0956. The van der Waals surface area contributed by atoms with Crippen LogP contribution < -0.4 is 10.6 Å². The van der Waals surface area contributed by atoms with Crippen molar-refractivity contribution in [3.63, 3.8) is 0 Å². The number of aliphatic hydroxyl groups is 1. The highest BCUT2D eigenvalue weighted by molar-refractivity contribution is 5.80. The molecule has 0 radical (unpaired) electrons. The summed E-state index contributed by atoms with van der Waals surface area (Å²) in [6.45, 7) is 11.2. The molecule has 0 aromatic heterocycles. The third-order valence-corrected chi connectivity index (χ3v) is 5.04. The van der Waals surface area contributed by atoms with Crippen molar-refractivity contribution in [1.29, 1.82) is 0 Å². The van der Waals surface area contributed by atoms with Gasteiger partial charge in [-0.1, -0.05) is 31.2 Å². The first-order valence-electron chi connectivity index (χ1n) is 10.2. The number of guanidine groups is 1. The van der Waals surface area contributed by atoms with Gasteiger partial charge in [-0.3, -0.25) is 4.99 Å². The number of likely N-dealkylation sites (tertiary alicyclic amines) is 1. The number of nitrogens with one attached hydrogen (secondary N) is 2. The molecule has 1 atom stereocenters. The zero-order valence-electron chi connectivity index (χ0n) is 16.7. The Hall–Kier alpha value is -1.59. The van der Waals surface area contributed by atoms with Gasteiger partial charge < -0.3 is 20.6 Å². The summed E-state index contributed by atoms with van der Waals surface area (Å²) >= 11 is 0. The molecule has 0 amide bonds. The van der Waals surface area contributed by atoms with Crippen LogP contribution in [0.25, 0.3) is 0 Å². The lowest BCUT2D eigenvalue weighted by atomic mass is 10.1. The molecule has 1 aromatic rings. The summed E-state index contributed by atoms with van der Waals surface area (Å²) in [6, 6.07) is 9.03. The summed E-state index contributed by atoms with van der Waals surface area (Å²) in [5.41, 5.74) is 2.64. The van der Waals surface area contributed by atoms with E-state index in [1.807, 2.05) is 0 Å². The minimum Gasteiger partial charge on any atom is -0.393 e. The molecule has 1 fully saturated rings. The van der Waals surface area contributed by atoms with Gasteiger partial charge in [-0.05, 0) is 57.2 Å². The van der Waals surface area contributed by atoms with Crippen LogP contribution in [0.1, 0.15) is 57.2 Å². The maximum absolute atomic E-state index is 9.57. The molecule has 5 heteroatoms. The highest BCUT2D eigenvalue weighted by Crippen LogP contribution is 2.14. The van der Waals surface area contributed by atoms with Crippen LogP contribution in [-0.2, 0) is 6.42 Å². The zero-order valence-corrected chi connectivity index (χ0v) is 16.7. The number of aryl methyl sites for hydroxylation is 1. The van der Waals surface area contributed by atoms with Gasteiger partial charge in [0, 0.05) is 26.2 Å². The van der Waals surface area contributed by atoms with E-state index >= 15 is 0 Å². The highest BCUT2D eigenvalue weighted by Gasteiger charge is 2.16. The molecule has 1 aliphatic heterocycles. The maximum Gasteiger partial charge on any atom is 0.191 e. The number of rotatable bonds is 8. The van der Waals surface area contributed by atoms with Crippen LogP contribution in [0.3, 0.4) is 0 Å². The van der Waals surface area contributed by atoms with E-state index in [1.165, 1.54) is 11.1 Å². The van der Waals surface area contributed by atoms with Crippen LogP contribution in [0.2, 0.25) is 0 Å². The molecule has 0 spiro atoms. The van der Waals surface area contributed by atoms with E-state index in [1.54, 1.807) is 0 Å². The Morgan fingerprint density at radius 2 is 1.92 bits per heavy atom. The van der Waals surface area contributed by atoms with Crippen LogP contribution in [0.5, 0.6) is 0 Å². The monoisotopic (exact) mass is 360 g/mol. The fourth-order valence-corrected chi connectivity index (χ4v) is 3.28. The molecule has 1 unspecified atom stereocenters. The molecule has 1 saturated heterocycles. The Morgan fingerprint density at radius 1 is 1.23 bits per heavy atom. The number of nitrogens with zero attached hydrogens (tertiary/aromatic N) is 2. The molecule has 1 aromatic carbocycles. The van der Waals surface area contributed by atoms with Crippen LogP contribution in [-0.4, -0.2) is 54.8 Å². The first-order chi connectivity index (χ1) is 12.6. The summed E-state index contributed by atoms with van der Waals surface area (Å²) in [6.07, 6.45) is 3.83. The highest BCUT2D eigenvalue weighted by atomic mass is 16.3. The third kappa shape index (κ3) is 6.96. The Labute approximate surface area is 158 Å². The fourth-order valence-electron chi connectivity index (χ4n) is 3.28. The Bertz CT molecular complexity index is 535. The second kappa shape index (κ2) is 11.2. The largest absolute Gasteiger partial charge is 0.393 e. The van der Waals surface area contributed by atoms with Crippen molar-refractivity contribution in [1.82, 2.24) is 15.5 Å². The first-order valence-corrected chi connectivity index (χ1v) is 10.2. The van der Waals surface area contributed by atoms with Crippen molar-refractivity contribution < 1.29 is 5.11 Å². The first kappa shape index (κ1) is 20.7. The van der Waals surface area contributed by atoms with Crippen molar-refractivity contribution in [2.24, 2.45) is 4.99 Å². The van der Waals surface area contributed by atoms with E-state index in [0.717, 1.165) is 64.4 Å². The van der Waals surface area contributed by atoms with Crippen LogP contribution >= 0.6 is 0 Å². The average molecular weight is 361 g/mol. The summed E-state index contributed by atoms with van der Waals surface area (Å²) in [5.74, 6) is 0.883. The van der Waals surface area contributed by atoms with Gasteiger partial charge in [0.2, 0.25) is 0 Å². The second-order valence-corrected chi connectivity index (χ2v) is 7.15. The molecule has 146 valence electrons. The number of aliphatic imine (C=N–C) groups is 1. The van der Waals surface area contributed by atoms with Crippen molar-refractivity contribution in [3.8, 4) is 0 Å². The van der Waals surface area contributed by atoms with Crippen molar-refractivity contribution in [2.75, 3.05) is 32.7 Å². The van der Waals surface area contributed by atoms with Gasteiger partial charge in [0.05, 0.1) is 12.1 Å². The Morgan fingerprint density at radius 3 is 2.54 bits per heavy atom. The van der Waals surface area contributed by atoms with E-state index < -0.39 is 0 Å². The fraction of sp³-hybridized carbons (Fsp3) is 0.667. The number of benzene rings is 1. The number of hydrogen-bond donors (Lipinski definition) is 3. The molecule has 0 bridgehead atoms. The molecular formula is C21H36N4O. The molecule has 1 aliphatic rings. The van der Waals surface area contributed by atoms with Gasteiger partial charge in [-0.15, -0.1) is 0 Å². The maximum atomic E-state index is 9.57. The molecule has 0 aliphatic carbocycles. The average Bonchev–Trinajstić information content (AvgIpc) is 2.66. The Balaban J connectivity index is 1.79. The summed E-state index contributed by atoms with van der Waals surface area (Å²) in [5, 5.41) is 16.4. The van der Waals surface area contributed by atoms with Gasteiger partial charge in [-0.25, -0.2) is 0 Å². The van der Waals surface area contributed by atoms with E-state index in [2.05, 4.69) is 60.6 Å². The number of hydrogen-bond acceptors (Lipinski definition) is 3. The zero-order chi connectivity index (χ0) is 18.8. The van der Waals surface area contributed by atoms with Crippen molar-refractivity contribution >= 4 is 5.96 Å². The van der Waals surface area contributed by atoms with Gasteiger partial charge in [0.25, 0.3) is 0 Å². The quantitative estimate of drug-likeness (QED) is 0.379.